The molecule has 8 heteroatoms. The standard InChI is InChI=1S/C16H23ClN2O4S/c1-2-23-14-6-4-10-19(12-14)16(20)8-9-18-24(21,22)15-7-3-5-13(17)11-15/h3,5,7,11,14,18H,2,4,6,8-10,12H2,1H3/t14-/m0/s1. The van der Waals surface area contributed by atoms with E-state index in [1.807, 2.05) is 6.92 Å². The zero-order valence-electron chi connectivity index (χ0n) is 13.7. The molecular weight excluding hydrogens is 352 g/mol. The molecule has 1 saturated heterocycles. The van der Waals surface area contributed by atoms with Crippen LogP contribution in [0.3, 0.4) is 0 Å². The van der Waals surface area contributed by atoms with Crippen LogP contribution in [0.2, 0.25) is 5.02 Å². The van der Waals surface area contributed by atoms with Crippen LogP contribution < -0.4 is 4.72 Å². The number of nitrogens with zero attached hydrogens (tertiary/aromatic N) is 1. The molecule has 0 aliphatic carbocycles. The predicted molar refractivity (Wildman–Crippen MR) is 92.5 cm³/mol. The number of benzene rings is 1. The van der Waals surface area contributed by atoms with Crippen molar-refractivity contribution in [3.63, 3.8) is 0 Å². The van der Waals surface area contributed by atoms with Gasteiger partial charge in [-0.1, -0.05) is 17.7 Å². The lowest BCUT2D eigenvalue weighted by atomic mass is 10.1. The fourth-order valence-electron chi connectivity index (χ4n) is 2.70. The summed E-state index contributed by atoms with van der Waals surface area (Å²) in [7, 11) is -3.66. The Morgan fingerprint density at radius 1 is 1.46 bits per heavy atom. The van der Waals surface area contributed by atoms with E-state index >= 15 is 0 Å². The molecule has 0 bridgehead atoms. The van der Waals surface area contributed by atoms with E-state index in [-0.39, 0.29) is 29.9 Å². The Kier molecular flexibility index (Phi) is 7.03. The molecule has 1 heterocycles. The maximum atomic E-state index is 12.2. The third kappa shape index (κ3) is 5.44. The normalized spacial score (nSPS) is 18.6. The molecule has 0 spiro atoms. The molecular formula is C16H23ClN2O4S. The molecule has 24 heavy (non-hydrogen) atoms. The Bertz CT molecular complexity index is 664. The van der Waals surface area contributed by atoms with Crippen LogP contribution in [0.4, 0.5) is 0 Å². The number of sulfonamides is 1. The highest BCUT2D eigenvalue weighted by Gasteiger charge is 2.24. The number of likely N-dealkylation sites (tertiary alicyclic amines) is 1. The smallest absolute Gasteiger partial charge is 0.240 e. The van der Waals surface area contributed by atoms with Gasteiger partial charge in [0.15, 0.2) is 0 Å². The molecule has 6 nitrogen and oxygen atoms in total. The van der Waals surface area contributed by atoms with Crippen LogP contribution in [-0.2, 0) is 19.6 Å². The van der Waals surface area contributed by atoms with Crippen LogP contribution in [0.25, 0.3) is 0 Å². The second kappa shape index (κ2) is 8.80. The van der Waals surface area contributed by atoms with E-state index in [4.69, 9.17) is 16.3 Å². The number of nitrogens with one attached hydrogen (secondary N) is 1. The Morgan fingerprint density at radius 2 is 2.25 bits per heavy atom. The van der Waals surface area contributed by atoms with Crippen LogP contribution in [-0.4, -0.2) is 51.6 Å². The lowest BCUT2D eigenvalue weighted by Gasteiger charge is -2.32. The number of rotatable bonds is 7. The summed E-state index contributed by atoms with van der Waals surface area (Å²) >= 11 is 5.81. The van der Waals surface area contributed by atoms with Crippen LogP contribution in [0.1, 0.15) is 26.2 Å². The van der Waals surface area contributed by atoms with Crippen molar-refractivity contribution < 1.29 is 17.9 Å². The fraction of sp³-hybridized carbons (Fsp3) is 0.562. The highest BCUT2D eigenvalue weighted by Crippen LogP contribution is 2.16. The summed E-state index contributed by atoms with van der Waals surface area (Å²) in [6.45, 7) is 3.90. The van der Waals surface area contributed by atoms with Gasteiger partial charge in [0.1, 0.15) is 0 Å². The number of carbonyl (C=O) groups is 1. The molecule has 1 N–H and O–H groups in total. The number of amides is 1. The first-order valence-electron chi connectivity index (χ1n) is 8.07. The quantitative estimate of drug-likeness (QED) is 0.792. The van der Waals surface area contributed by atoms with Gasteiger partial charge in [0.2, 0.25) is 15.9 Å². The fourth-order valence-corrected chi connectivity index (χ4v) is 4.04. The van der Waals surface area contributed by atoms with Crippen molar-refractivity contribution in [2.24, 2.45) is 0 Å². The number of ether oxygens (including phenoxy) is 1. The van der Waals surface area contributed by atoms with E-state index in [0.29, 0.717) is 24.7 Å². The van der Waals surface area contributed by atoms with Gasteiger partial charge in [0.05, 0.1) is 11.0 Å². The zero-order valence-corrected chi connectivity index (χ0v) is 15.3. The molecule has 1 aliphatic heterocycles. The molecule has 1 amide bonds. The lowest BCUT2D eigenvalue weighted by Crippen LogP contribution is -2.44. The maximum Gasteiger partial charge on any atom is 0.240 e. The molecule has 0 saturated carbocycles. The van der Waals surface area contributed by atoms with Crippen molar-refractivity contribution >= 4 is 27.5 Å². The first kappa shape index (κ1) is 19.2. The van der Waals surface area contributed by atoms with Crippen LogP contribution in [0.5, 0.6) is 0 Å². The molecule has 1 aliphatic rings. The number of halogens is 1. The van der Waals surface area contributed by atoms with Crippen molar-refractivity contribution in [3.05, 3.63) is 29.3 Å². The highest BCUT2D eigenvalue weighted by atomic mass is 35.5. The summed E-state index contributed by atoms with van der Waals surface area (Å²) in [6, 6.07) is 6.02. The highest BCUT2D eigenvalue weighted by molar-refractivity contribution is 7.89. The molecule has 1 aromatic rings. The van der Waals surface area contributed by atoms with Crippen molar-refractivity contribution in [1.29, 1.82) is 0 Å². The molecule has 0 aromatic heterocycles. The minimum Gasteiger partial charge on any atom is -0.377 e. The monoisotopic (exact) mass is 374 g/mol. The zero-order chi connectivity index (χ0) is 17.6. The number of carbonyl (C=O) groups excluding carboxylic acids is 1. The second-order valence-corrected chi connectivity index (χ2v) is 7.87. The average molecular weight is 375 g/mol. The first-order valence-corrected chi connectivity index (χ1v) is 9.93. The van der Waals surface area contributed by atoms with Gasteiger partial charge < -0.3 is 9.64 Å². The van der Waals surface area contributed by atoms with Gasteiger partial charge in [-0.2, -0.15) is 0 Å². The van der Waals surface area contributed by atoms with Crippen molar-refractivity contribution in [1.82, 2.24) is 9.62 Å². The first-order chi connectivity index (χ1) is 11.4. The summed E-state index contributed by atoms with van der Waals surface area (Å²) in [5.74, 6) is -0.0619. The van der Waals surface area contributed by atoms with E-state index < -0.39 is 10.0 Å². The van der Waals surface area contributed by atoms with Gasteiger partial charge in [-0.05, 0) is 38.0 Å². The van der Waals surface area contributed by atoms with E-state index in [2.05, 4.69) is 4.72 Å². The Hall–Kier alpha value is -1.15. The second-order valence-electron chi connectivity index (χ2n) is 5.66. The van der Waals surface area contributed by atoms with Gasteiger partial charge in [-0.15, -0.1) is 0 Å². The third-order valence-electron chi connectivity index (χ3n) is 3.87. The van der Waals surface area contributed by atoms with Gasteiger partial charge >= 0.3 is 0 Å². The van der Waals surface area contributed by atoms with Gasteiger partial charge in [0.25, 0.3) is 0 Å². The van der Waals surface area contributed by atoms with Crippen molar-refractivity contribution in [2.45, 2.75) is 37.2 Å². The van der Waals surface area contributed by atoms with E-state index in [1.165, 1.54) is 12.1 Å². The lowest BCUT2D eigenvalue weighted by molar-refractivity contribution is -0.135. The third-order valence-corrected chi connectivity index (χ3v) is 5.56. The number of hydrogen-bond donors (Lipinski definition) is 1. The Morgan fingerprint density at radius 3 is 2.96 bits per heavy atom. The maximum absolute atomic E-state index is 12.2. The number of piperidine rings is 1. The molecule has 134 valence electrons. The van der Waals surface area contributed by atoms with Crippen LogP contribution >= 0.6 is 11.6 Å². The molecule has 1 atom stereocenters. The summed E-state index contributed by atoms with van der Waals surface area (Å²) in [5.41, 5.74) is 0. The number of hydrogen-bond acceptors (Lipinski definition) is 4. The van der Waals surface area contributed by atoms with Crippen molar-refractivity contribution in [2.75, 3.05) is 26.2 Å². The minimum absolute atomic E-state index is 0.0590. The largest absolute Gasteiger partial charge is 0.377 e. The molecule has 1 aromatic carbocycles. The molecule has 0 unspecified atom stereocenters. The average Bonchev–Trinajstić information content (AvgIpc) is 2.55. The molecule has 1 fully saturated rings. The van der Waals surface area contributed by atoms with Crippen molar-refractivity contribution in [3.8, 4) is 0 Å². The summed E-state index contributed by atoms with van der Waals surface area (Å²) in [5, 5.41) is 0.351. The minimum atomic E-state index is -3.66. The summed E-state index contributed by atoms with van der Waals surface area (Å²) < 4.78 is 32.3. The Balaban J connectivity index is 1.83. The SMILES string of the molecule is CCO[C@H]1CCCN(C(=O)CCNS(=O)(=O)c2cccc(Cl)c2)C1. The van der Waals surface area contributed by atoms with Crippen LogP contribution in [0, 0.1) is 0 Å². The van der Waals surface area contributed by atoms with E-state index in [0.717, 1.165) is 12.8 Å². The molecule has 0 radical (unpaired) electrons. The Labute approximate surface area is 148 Å². The summed E-state index contributed by atoms with van der Waals surface area (Å²) in [4.78, 5) is 14.1. The topological polar surface area (TPSA) is 75.7 Å². The van der Waals surface area contributed by atoms with E-state index in [1.54, 1.807) is 17.0 Å². The molecule has 2 rings (SSSR count). The summed E-state index contributed by atoms with van der Waals surface area (Å²) in [6.07, 6.45) is 2.07. The van der Waals surface area contributed by atoms with Gasteiger partial charge in [0, 0.05) is 37.7 Å². The predicted octanol–water partition coefficient (Wildman–Crippen LogP) is 2.04. The van der Waals surface area contributed by atoms with E-state index in [9.17, 15) is 13.2 Å². The van der Waals surface area contributed by atoms with Gasteiger partial charge in [-0.25, -0.2) is 13.1 Å². The van der Waals surface area contributed by atoms with Crippen LogP contribution in [0.15, 0.2) is 29.2 Å². The van der Waals surface area contributed by atoms with Gasteiger partial charge in [-0.3, -0.25) is 4.79 Å².